The molecule has 5 nitrogen and oxygen atoms in total. The van der Waals surface area contributed by atoms with E-state index in [1.165, 1.54) is 4.90 Å². The number of rotatable bonds is 3. The van der Waals surface area contributed by atoms with Crippen LogP contribution < -0.4 is 4.74 Å². The van der Waals surface area contributed by atoms with Gasteiger partial charge in [0.2, 0.25) is 0 Å². The molecule has 0 saturated heterocycles. The van der Waals surface area contributed by atoms with E-state index < -0.39 is 11.7 Å². The molecule has 1 heterocycles. The molecule has 0 aliphatic carbocycles. The van der Waals surface area contributed by atoms with E-state index in [4.69, 9.17) is 9.47 Å². The standard InChI is InChI=1S/C21H23NO4/c1-21(2,3)26-20(24)22-12-16-9-10-17(11-18(16)19(23)13-22)25-14-15-7-5-4-6-8-15/h4-11H,12-14H2,1-3H3. The van der Waals surface area contributed by atoms with Crippen molar-refractivity contribution in [2.45, 2.75) is 39.5 Å². The second kappa shape index (κ2) is 7.20. The molecule has 0 unspecified atom stereocenters. The van der Waals surface area contributed by atoms with Gasteiger partial charge in [0.15, 0.2) is 5.78 Å². The van der Waals surface area contributed by atoms with Crippen molar-refractivity contribution in [3.05, 3.63) is 65.2 Å². The predicted molar refractivity (Wildman–Crippen MR) is 98.2 cm³/mol. The largest absolute Gasteiger partial charge is 0.489 e. The Labute approximate surface area is 153 Å². The number of amides is 1. The molecule has 0 spiro atoms. The first kappa shape index (κ1) is 18.0. The second-order valence-electron chi connectivity index (χ2n) is 7.35. The molecule has 0 fully saturated rings. The van der Waals surface area contributed by atoms with E-state index in [0.717, 1.165) is 11.1 Å². The topological polar surface area (TPSA) is 55.8 Å². The Kier molecular flexibility index (Phi) is 4.98. The summed E-state index contributed by atoms with van der Waals surface area (Å²) in [5.74, 6) is 0.536. The Morgan fingerprint density at radius 2 is 1.81 bits per heavy atom. The van der Waals surface area contributed by atoms with Crippen LogP contribution in [0.4, 0.5) is 4.79 Å². The molecule has 0 saturated carbocycles. The average molecular weight is 353 g/mol. The molecular weight excluding hydrogens is 330 g/mol. The average Bonchev–Trinajstić information content (AvgIpc) is 2.59. The number of fused-ring (bicyclic) bond motifs is 1. The number of ether oxygens (including phenoxy) is 2. The van der Waals surface area contributed by atoms with Crippen molar-refractivity contribution < 1.29 is 19.1 Å². The van der Waals surface area contributed by atoms with Crippen LogP contribution >= 0.6 is 0 Å². The molecule has 5 heteroatoms. The zero-order chi connectivity index (χ0) is 18.7. The summed E-state index contributed by atoms with van der Waals surface area (Å²) in [4.78, 5) is 26.1. The van der Waals surface area contributed by atoms with Crippen molar-refractivity contribution in [1.82, 2.24) is 4.90 Å². The summed E-state index contributed by atoms with van der Waals surface area (Å²) in [6, 6.07) is 15.3. The minimum absolute atomic E-state index is 0.0179. The summed E-state index contributed by atoms with van der Waals surface area (Å²) in [6.07, 6.45) is -0.471. The predicted octanol–water partition coefficient (Wildman–Crippen LogP) is 4.20. The SMILES string of the molecule is CC(C)(C)OC(=O)N1CC(=O)c2cc(OCc3ccccc3)ccc2C1. The lowest BCUT2D eigenvalue weighted by atomic mass is 9.98. The molecule has 26 heavy (non-hydrogen) atoms. The summed E-state index contributed by atoms with van der Waals surface area (Å²) in [5, 5.41) is 0. The molecule has 136 valence electrons. The highest BCUT2D eigenvalue weighted by atomic mass is 16.6. The van der Waals surface area contributed by atoms with E-state index in [2.05, 4.69) is 0 Å². The van der Waals surface area contributed by atoms with Crippen molar-refractivity contribution in [3.63, 3.8) is 0 Å². The van der Waals surface area contributed by atoms with Crippen LogP contribution in [0.2, 0.25) is 0 Å². The first-order valence-corrected chi connectivity index (χ1v) is 8.62. The van der Waals surface area contributed by atoms with Crippen LogP contribution in [0.15, 0.2) is 48.5 Å². The van der Waals surface area contributed by atoms with Crippen LogP contribution in [-0.2, 0) is 17.9 Å². The third-order valence-corrected chi connectivity index (χ3v) is 3.98. The molecule has 1 aliphatic heterocycles. The summed E-state index contributed by atoms with van der Waals surface area (Å²) < 4.78 is 11.2. The molecule has 0 atom stereocenters. The Balaban J connectivity index is 1.70. The maximum absolute atomic E-state index is 12.5. The quantitative estimate of drug-likeness (QED) is 0.830. The molecule has 0 radical (unpaired) electrons. The van der Waals surface area contributed by atoms with Gasteiger partial charge in [0.1, 0.15) is 18.0 Å². The van der Waals surface area contributed by atoms with Crippen molar-refractivity contribution in [2.24, 2.45) is 0 Å². The highest BCUT2D eigenvalue weighted by molar-refractivity contribution is 6.01. The molecule has 0 aromatic heterocycles. The van der Waals surface area contributed by atoms with Crippen molar-refractivity contribution in [1.29, 1.82) is 0 Å². The Bertz CT molecular complexity index is 809. The molecule has 1 amide bonds. The highest BCUT2D eigenvalue weighted by Gasteiger charge is 2.30. The zero-order valence-electron chi connectivity index (χ0n) is 15.3. The van der Waals surface area contributed by atoms with Gasteiger partial charge < -0.3 is 9.47 Å². The van der Waals surface area contributed by atoms with Crippen LogP contribution in [0, 0.1) is 0 Å². The third kappa shape index (κ3) is 4.42. The van der Waals surface area contributed by atoms with Crippen molar-refractivity contribution in [2.75, 3.05) is 6.54 Å². The molecule has 0 N–H and O–H groups in total. The van der Waals surface area contributed by atoms with Crippen LogP contribution in [0.5, 0.6) is 5.75 Å². The monoisotopic (exact) mass is 353 g/mol. The lowest BCUT2D eigenvalue weighted by Gasteiger charge is -2.30. The van der Waals surface area contributed by atoms with Gasteiger partial charge in [-0.3, -0.25) is 9.69 Å². The van der Waals surface area contributed by atoms with Gasteiger partial charge in [0.25, 0.3) is 0 Å². The number of nitrogens with zero attached hydrogens (tertiary/aromatic N) is 1. The maximum Gasteiger partial charge on any atom is 0.411 e. The lowest BCUT2D eigenvalue weighted by molar-refractivity contribution is 0.0220. The number of hydrogen-bond acceptors (Lipinski definition) is 4. The molecule has 3 rings (SSSR count). The van der Waals surface area contributed by atoms with E-state index in [0.29, 0.717) is 24.5 Å². The number of hydrogen-bond donors (Lipinski definition) is 0. The van der Waals surface area contributed by atoms with Crippen LogP contribution in [0.1, 0.15) is 42.3 Å². The Morgan fingerprint density at radius 1 is 1.08 bits per heavy atom. The molecule has 1 aliphatic rings. The zero-order valence-corrected chi connectivity index (χ0v) is 15.3. The van der Waals surface area contributed by atoms with Gasteiger partial charge in [-0.15, -0.1) is 0 Å². The number of carbonyl (C=O) groups excluding carboxylic acids is 2. The fourth-order valence-electron chi connectivity index (χ4n) is 2.76. The smallest absolute Gasteiger partial charge is 0.411 e. The van der Waals surface area contributed by atoms with Gasteiger partial charge in [-0.2, -0.15) is 0 Å². The minimum Gasteiger partial charge on any atom is -0.489 e. The van der Waals surface area contributed by atoms with Gasteiger partial charge in [-0.25, -0.2) is 4.79 Å². The van der Waals surface area contributed by atoms with E-state index >= 15 is 0 Å². The second-order valence-corrected chi connectivity index (χ2v) is 7.35. The molecule has 2 aromatic carbocycles. The number of Topliss-reactive ketones (excluding diaryl/α,β-unsaturated/α-hetero) is 1. The minimum atomic E-state index is -0.588. The summed E-state index contributed by atoms with van der Waals surface area (Å²) in [7, 11) is 0. The van der Waals surface area contributed by atoms with Gasteiger partial charge in [-0.05, 0) is 44.0 Å². The number of carbonyl (C=O) groups is 2. The van der Waals surface area contributed by atoms with Crippen LogP contribution in [-0.4, -0.2) is 28.9 Å². The highest BCUT2D eigenvalue weighted by Crippen LogP contribution is 2.25. The van der Waals surface area contributed by atoms with Gasteiger partial charge >= 0.3 is 6.09 Å². The Hall–Kier alpha value is -2.82. The molecule has 2 aromatic rings. The molecule has 0 bridgehead atoms. The fraction of sp³-hybridized carbons (Fsp3) is 0.333. The maximum atomic E-state index is 12.5. The van der Waals surface area contributed by atoms with Crippen LogP contribution in [0.25, 0.3) is 0 Å². The van der Waals surface area contributed by atoms with Gasteiger partial charge in [0.05, 0.1) is 13.1 Å². The number of ketones is 1. The third-order valence-electron chi connectivity index (χ3n) is 3.98. The number of benzene rings is 2. The molecular formula is C21H23NO4. The van der Waals surface area contributed by atoms with Gasteiger partial charge in [-0.1, -0.05) is 36.4 Å². The summed E-state index contributed by atoms with van der Waals surface area (Å²) >= 11 is 0. The van der Waals surface area contributed by atoms with E-state index in [1.807, 2.05) is 42.5 Å². The lowest BCUT2D eigenvalue weighted by Crippen LogP contribution is -2.42. The normalized spacial score (nSPS) is 14.0. The summed E-state index contributed by atoms with van der Waals surface area (Å²) in [5.41, 5.74) is 1.89. The van der Waals surface area contributed by atoms with E-state index in [-0.39, 0.29) is 12.3 Å². The van der Waals surface area contributed by atoms with E-state index in [1.54, 1.807) is 26.8 Å². The van der Waals surface area contributed by atoms with Crippen molar-refractivity contribution in [3.8, 4) is 5.75 Å². The van der Waals surface area contributed by atoms with Gasteiger partial charge in [0, 0.05) is 5.56 Å². The Morgan fingerprint density at radius 3 is 2.50 bits per heavy atom. The first-order chi connectivity index (χ1) is 12.3. The summed E-state index contributed by atoms with van der Waals surface area (Å²) in [6.45, 7) is 6.24. The van der Waals surface area contributed by atoms with Crippen molar-refractivity contribution >= 4 is 11.9 Å². The fourth-order valence-corrected chi connectivity index (χ4v) is 2.76. The van der Waals surface area contributed by atoms with E-state index in [9.17, 15) is 9.59 Å². The van der Waals surface area contributed by atoms with Crippen LogP contribution in [0.3, 0.4) is 0 Å². The first-order valence-electron chi connectivity index (χ1n) is 8.62.